The van der Waals surface area contributed by atoms with E-state index in [1.165, 1.54) is 6.20 Å². The molecule has 2 amide bonds. The Balaban J connectivity index is 1.88. The van der Waals surface area contributed by atoms with Crippen LogP contribution in [-0.2, 0) is 16.0 Å². The van der Waals surface area contributed by atoms with Crippen LogP contribution in [0.4, 0.5) is 0 Å². The van der Waals surface area contributed by atoms with Crippen molar-refractivity contribution in [1.29, 1.82) is 0 Å². The van der Waals surface area contributed by atoms with Crippen LogP contribution in [0.25, 0.3) is 0 Å². The number of aliphatic carboxylic acids is 1. The van der Waals surface area contributed by atoms with E-state index in [0.717, 1.165) is 5.56 Å². The van der Waals surface area contributed by atoms with E-state index in [9.17, 15) is 14.4 Å². The molecule has 1 aromatic heterocycles. The van der Waals surface area contributed by atoms with E-state index in [1.807, 2.05) is 30.3 Å². The molecule has 0 bridgehead atoms. The molecule has 7 heteroatoms. The van der Waals surface area contributed by atoms with E-state index in [-0.39, 0.29) is 24.9 Å². The Morgan fingerprint density at radius 3 is 2.50 bits per heavy atom. The van der Waals surface area contributed by atoms with Crippen molar-refractivity contribution in [2.75, 3.05) is 6.54 Å². The lowest BCUT2D eigenvalue weighted by Crippen LogP contribution is -2.43. The van der Waals surface area contributed by atoms with Crippen molar-refractivity contribution in [3.05, 3.63) is 66.0 Å². The van der Waals surface area contributed by atoms with Crippen molar-refractivity contribution in [3.8, 4) is 0 Å². The fourth-order valence-corrected chi connectivity index (χ4v) is 2.46. The molecule has 0 spiro atoms. The molecular formula is C19H21N3O4. The van der Waals surface area contributed by atoms with Crippen LogP contribution in [0.2, 0.25) is 0 Å². The fraction of sp³-hybridized carbons (Fsp3) is 0.263. The lowest BCUT2D eigenvalue weighted by Gasteiger charge is -2.18. The molecule has 1 heterocycles. The highest BCUT2D eigenvalue weighted by Crippen LogP contribution is 2.08. The molecule has 0 aliphatic carbocycles. The van der Waals surface area contributed by atoms with Crippen LogP contribution in [-0.4, -0.2) is 40.5 Å². The van der Waals surface area contributed by atoms with Gasteiger partial charge < -0.3 is 15.7 Å². The third-order valence-electron chi connectivity index (χ3n) is 3.73. The predicted molar refractivity (Wildman–Crippen MR) is 95.5 cm³/mol. The first-order valence-corrected chi connectivity index (χ1v) is 8.28. The van der Waals surface area contributed by atoms with Gasteiger partial charge in [-0.1, -0.05) is 30.3 Å². The number of benzene rings is 1. The van der Waals surface area contributed by atoms with Crippen molar-refractivity contribution in [2.45, 2.75) is 25.3 Å². The minimum Gasteiger partial charge on any atom is -0.481 e. The highest BCUT2D eigenvalue weighted by Gasteiger charge is 2.15. The Bertz CT molecular complexity index is 735. The molecule has 26 heavy (non-hydrogen) atoms. The van der Waals surface area contributed by atoms with Crippen LogP contribution >= 0.6 is 0 Å². The number of nitrogens with one attached hydrogen (secondary N) is 2. The Hall–Kier alpha value is -3.22. The average Bonchev–Trinajstić information content (AvgIpc) is 2.65. The highest BCUT2D eigenvalue weighted by molar-refractivity contribution is 5.96. The smallest absolute Gasteiger partial charge is 0.303 e. The van der Waals surface area contributed by atoms with Gasteiger partial charge in [-0.2, -0.15) is 0 Å². The summed E-state index contributed by atoms with van der Waals surface area (Å²) in [5.41, 5.74) is 1.37. The summed E-state index contributed by atoms with van der Waals surface area (Å²) in [7, 11) is 0. The van der Waals surface area contributed by atoms with Crippen molar-refractivity contribution >= 4 is 17.8 Å². The molecule has 1 aromatic carbocycles. The van der Waals surface area contributed by atoms with Gasteiger partial charge in [-0.05, 0) is 30.5 Å². The third kappa shape index (κ3) is 6.72. The normalized spacial score (nSPS) is 11.4. The summed E-state index contributed by atoms with van der Waals surface area (Å²) in [5, 5.41) is 14.2. The van der Waals surface area contributed by atoms with Crippen LogP contribution in [0.3, 0.4) is 0 Å². The standard InChI is InChI=1S/C19H21N3O4/c23-17(13-21-19(26)15-7-4-10-20-12-15)22-16(8-9-18(24)25)11-14-5-2-1-3-6-14/h1-7,10,12,16H,8-9,11,13H2,(H,21,26)(H,22,23)(H,24,25). The molecule has 7 nitrogen and oxygen atoms in total. The molecule has 136 valence electrons. The summed E-state index contributed by atoms with van der Waals surface area (Å²) in [6.45, 7) is -0.188. The average molecular weight is 355 g/mol. The number of aromatic nitrogens is 1. The van der Waals surface area contributed by atoms with Crippen molar-refractivity contribution < 1.29 is 19.5 Å². The van der Waals surface area contributed by atoms with Gasteiger partial charge in [-0.25, -0.2) is 0 Å². The maximum absolute atomic E-state index is 12.1. The number of hydrogen-bond donors (Lipinski definition) is 3. The van der Waals surface area contributed by atoms with Crippen molar-refractivity contribution in [2.24, 2.45) is 0 Å². The fourth-order valence-electron chi connectivity index (χ4n) is 2.46. The minimum atomic E-state index is -0.915. The lowest BCUT2D eigenvalue weighted by molar-refractivity contribution is -0.137. The molecule has 3 N–H and O–H groups in total. The second kappa shape index (κ2) is 9.93. The highest BCUT2D eigenvalue weighted by atomic mass is 16.4. The molecule has 1 atom stereocenters. The lowest BCUT2D eigenvalue weighted by atomic mass is 10.0. The van der Waals surface area contributed by atoms with Crippen LogP contribution in [0.1, 0.15) is 28.8 Å². The zero-order valence-corrected chi connectivity index (χ0v) is 14.2. The van der Waals surface area contributed by atoms with Crippen LogP contribution in [0.15, 0.2) is 54.9 Å². The SMILES string of the molecule is O=C(O)CCC(Cc1ccccc1)NC(=O)CNC(=O)c1cccnc1. The summed E-state index contributed by atoms with van der Waals surface area (Å²) in [6.07, 6.45) is 3.77. The van der Waals surface area contributed by atoms with Gasteiger partial charge in [0.2, 0.25) is 5.91 Å². The van der Waals surface area contributed by atoms with E-state index in [2.05, 4.69) is 15.6 Å². The Morgan fingerprint density at radius 2 is 1.85 bits per heavy atom. The maximum Gasteiger partial charge on any atom is 0.303 e. The largest absolute Gasteiger partial charge is 0.481 e. The number of amides is 2. The van der Waals surface area contributed by atoms with Gasteiger partial charge in [0.15, 0.2) is 0 Å². The van der Waals surface area contributed by atoms with Gasteiger partial charge in [-0.15, -0.1) is 0 Å². The summed E-state index contributed by atoms with van der Waals surface area (Å²) in [6, 6.07) is 12.4. The number of carbonyl (C=O) groups is 3. The molecule has 0 radical (unpaired) electrons. The maximum atomic E-state index is 12.1. The molecule has 0 saturated carbocycles. The zero-order chi connectivity index (χ0) is 18.8. The summed E-state index contributed by atoms with van der Waals surface area (Å²) < 4.78 is 0. The number of pyridine rings is 1. The number of carboxylic acids is 1. The van der Waals surface area contributed by atoms with Crippen molar-refractivity contribution in [3.63, 3.8) is 0 Å². The summed E-state index contributed by atoms with van der Waals surface area (Å²) in [5.74, 6) is -1.67. The van der Waals surface area contributed by atoms with Gasteiger partial charge in [0.05, 0.1) is 12.1 Å². The minimum absolute atomic E-state index is 0.0418. The Kier molecular flexibility index (Phi) is 7.30. The topological polar surface area (TPSA) is 108 Å². The quantitative estimate of drug-likeness (QED) is 0.630. The van der Waals surface area contributed by atoms with Crippen LogP contribution in [0.5, 0.6) is 0 Å². The first-order chi connectivity index (χ1) is 12.5. The number of nitrogens with zero attached hydrogens (tertiary/aromatic N) is 1. The Morgan fingerprint density at radius 1 is 1.08 bits per heavy atom. The van der Waals surface area contributed by atoms with Crippen LogP contribution < -0.4 is 10.6 Å². The summed E-state index contributed by atoms with van der Waals surface area (Å²) >= 11 is 0. The molecule has 0 saturated heterocycles. The molecule has 0 aliphatic rings. The monoisotopic (exact) mass is 355 g/mol. The predicted octanol–water partition coefficient (Wildman–Crippen LogP) is 1.40. The molecule has 0 aliphatic heterocycles. The molecule has 0 fully saturated rings. The van der Waals surface area contributed by atoms with E-state index < -0.39 is 11.9 Å². The molecule has 2 rings (SSSR count). The van der Waals surface area contributed by atoms with Gasteiger partial charge in [-0.3, -0.25) is 19.4 Å². The van der Waals surface area contributed by atoms with Crippen LogP contribution in [0, 0.1) is 0 Å². The second-order valence-corrected chi connectivity index (χ2v) is 5.81. The van der Waals surface area contributed by atoms with Crippen molar-refractivity contribution in [1.82, 2.24) is 15.6 Å². The van der Waals surface area contributed by atoms with Gasteiger partial charge >= 0.3 is 5.97 Å². The third-order valence-corrected chi connectivity index (χ3v) is 3.73. The number of rotatable bonds is 9. The number of carbonyl (C=O) groups excluding carboxylic acids is 2. The number of carboxylic acid groups (broad SMARTS) is 1. The van der Waals surface area contributed by atoms with Gasteiger partial charge in [0.1, 0.15) is 0 Å². The van der Waals surface area contributed by atoms with Gasteiger partial charge in [0.25, 0.3) is 5.91 Å². The van der Waals surface area contributed by atoms with Gasteiger partial charge in [0, 0.05) is 24.9 Å². The number of hydrogen-bond acceptors (Lipinski definition) is 4. The first-order valence-electron chi connectivity index (χ1n) is 8.28. The van der Waals surface area contributed by atoms with E-state index in [1.54, 1.807) is 18.3 Å². The first kappa shape index (κ1) is 19.1. The van der Waals surface area contributed by atoms with E-state index >= 15 is 0 Å². The molecular weight excluding hydrogens is 334 g/mol. The summed E-state index contributed by atoms with van der Waals surface area (Å²) in [4.78, 5) is 38.8. The van der Waals surface area contributed by atoms with E-state index in [0.29, 0.717) is 18.4 Å². The molecule has 1 unspecified atom stereocenters. The second-order valence-electron chi connectivity index (χ2n) is 5.81. The Labute approximate surface area is 151 Å². The zero-order valence-electron chi connectivity index (χ0n) is 14.2. The van der Waals surface area contributed by atoms with E-state index in [4.69, 9.17) is 5.11 Å². The molecule has 2 aromatic rings.